The van der Waals surface area contributed by atoms with Crippen molar-refractivity contribution in [3.8, 4) is 11.1 Å². The molecule has 1 atom stereocenters. The van der Waals surface area contributed by atoms with E-state index in [2.05, 4.69) is 25.0 Å². The molecule has 0 aliphatic rings. The lowest BCUT2D eigenvalue weighted by Crippen LogP contribution is -2.17. The number of nitrogens with zero attached hydrogens (tertiary/aromatic N) is 4. The average molecular weight is 532 g/mol. The van der Waals surface area contributed by atoms with Gasteiger partial charge in [0.2, 0.25) is 10.0 Å². The number of fused-ring (bicyclic) bond motifs is 2. The number of aromatic nitrogens is 5. The lowest BCUT2D eigenvalue weighted by atomic mass is 9.94. The second-order valence-electron chi connectivity index (χ2n) is 8.48. The number of nitrogens with one attached hydrogen (secondary N) is 2. The van der Waals surface area contributed by atoms with E-state index in [1.54, 1.807) is 25.4 Å². The quantitative estimate of drug-likeness (QED) is 0.303. The Morgan fingerprint density at radius 3 is 2.58 bits per heavy atom. The first-order valence-corrected chi connectivity index (χ1v) is 12.9. The summed E-state index contributed by atoms with van der Waals surface area (Å²) < 4.78 is 55.3. The number of rotatable bonds is 6. The number of sulfonamides is 1. The molecule has 0 aliphatic heterocycles. The summed E-state index contributed by atoms with van der Waals surface area (Å²) in [6.45, 7) is 0. The first kappa shape index (κ1) is 24.1. The van der Waals surface area contributed by atoms with Crippen LogP contribution in [0.15, 0.2) is 42.6 Å². The predicted octanol–water partition coefficient (Wildman–Crippen LogP) is 4.06. The van der Waals surface area contributed by atoms with E-state index in [9.17, 15) is 17.2 Å². The smallest absolute Gasteiger partial charge is 0.231 e. The van der Waals surface area contributed by atoms with Gasteiger partial charge in [0, 0.05) is 29.6 Å². The maximum Gasteiger partial charge on any atom is 0.231 e. The fourth-order valence-corrected chi connectivity index (χ4v) is 5.05. The molecule has 0 amide bonds. The Kier molecular flexibility index (Phi) is 5.89. The molecule has 5 aromatic rings. The van der Waals surface area contributed by atoms with Crippen molar-refractivity contribution < 1.29 is 17.2 Å². The van der Waals surface area contributed by atoms with E-state index in [1.165, 1.54) is 16.8 Å². The zero-order chi connectivity index (χ0) is 25.8. The van der Waals surface area contributed by atoms with Crippen molar-refractivity contribution in [2.75, 3.05) is 11.0 Å². The van der Waals surface area contributed by atoms with Gasteiger partial charge in [-0.3, -0.25) is 14.5 Å². The first-order chi connectivity index (χ1) is 17.0. The van der Waals surface area contributed by atoms with Crippen molar-refractivity contribution >= 4 is 49.4 Å². The summed E-state index contributed by atoms with van der Waals surface area (Å²) in [4.78, 5) is 4.67. The highest BCUT2D eigenvalue weighted by Gasteiger charge is 2.23. The number of nitrogens with two attached hydrogens (primary N) is 1. The Hall–Kier alpha value is -3.61. The van der Waals surface area contributed by atoms with Crippen molar-refractivity contribution in [3.05, 3.63) is 70.5 Å². The van der Waals surface area contributed by atoms with Gasteiger partial charge in [-0.2, -0.15) is 10.2 Å². The lowest BCUT2D eigenvalue weighted by molar-refractivity contribution is 0.576. The number of H-pyrrole nitrogens is 1. The zero-order valence-electron chi connectivity index (χ0n) is 19.1. The van der Waals surface area contributed by atoms with Crippen LogP contribution in [0.5, 0.6) is 0 Å². The fourth-order valence-electron chi connectivity index (χ4n) is 4.31. The largest absolute Gasteiger partial charge is 0.322 e. The van der Waals surface area contributed by atoms with Crippen LogP contribution in [-0.4, -0.2) is 39.6 Å². The predicted molar refractivity (Wildman–Crippen MR) is 134 cm³/mol. The summed E-state index contributed by atoms with van der Waals surface area (Å²) in [6.07, 6.45) is 2.74. The minimum absolute atomic E-state index is 0.0836. The molecule has 13 heteroatoms. The van der Waals surface area contributed by atoms with Gasteiger partial charge in [-0.05, 0) is 36.2 Å². The molecule has 0 aliphatic carbocycles. The lowest BCUT2D eigenvalue weighted by Gasteiger charge is -2.17. The van der Waals surface area contributed by atoms with Gasteiger partial charge in [-0.1, -0.05) is 17.7 Å². The highest BCUT2D eigenvalue weighted by molar-refractivity contribution is 7.92. The molecule has 4 N–H and O–H groups in total. The number of halogens is 3. The molecule has 2 aromatic carbocycles. The Labute approximate surface area is 209 Å². The molecule has 3 aromatic heterocycles. The molecule has 0 radical (unpaired) electrons. The van der Waals surface area contributed by atoms with Crippen molar-refractivity contribution in [2.45, 2.75) is 12.5 Å². The molecule has 0 saturated carbocycles. The summed E-state index contributed by atoms with van der Waals surface area (Å²) in [5.74, 6) is -1.32. The van der Waals surface area contributed by atoms with E-state index in [1.807, 2.05) is 6.07 Å². The van der Waals surface area contributed by atoms with Gasteiger partial charge in [0.25, 0.3) is 0 Å². The number of anilines is 1. The molecule has 0 bridgehead atoms. The zero-order valence-corrected chi connectivity index (χ0v) is 20.6. The van der Waals surface area contributed by atoms with Gasteiger partial charge in [0.05, 0.1) is 40.1 Å². The average Bonchev–Trinajstić information content (AvgIpc) is 3.35. The summed E-state index contributed by atoms with van der Waals surface area (Å²) in [6, 6.07) is 7.73. The number of hydrogen-bond acceptors (Lipinski definition) is 6. The minimum atomic E-state index is -3.62. The third kappa shape index (κ3) is 4.50. The molecular weight excluding hydrogens is 512 g/mol. The fraction of sp³-hybridized carbons (Fsp3) is 0.174. The third-order valence-corrected chi connectivity index (χ3v) is 6.57. The molecule has 9 nitrogen and oxygen atoms in total. The monoisotopic (exact) mass is 531 g/mol. The molecule has 5 rings (SSSR count). The number of hydrogen-bond donors (Lipinski definition) is 3. The highest BCUT2D eigenvalue weighted by Crippen LogP contribution is 2.40. The molecular formula is C23H20ClF2N7O2S. The molecule has 36 heavy (non-hydrogen) atoms. The standard InChI is InChI=1S/C23H20ClF2N7O2S/c1-33-21-15(3-4-17(24)19(21)23(31-33)32-36(2,34)35)16-8-12-10-28-30-22(12)29-20(16)18(27)7-11-5-13(25)9-14(26)6-11/h3-6,8-10,18H,7,27H2,1-2H3,(H,31,32)(H,28,29,30). The van der Waals surface area contributed by atoms with Gasteiger partial charge in [-0.15, -0.1) is 0 Å². The van der Waals surface area contributed by atoms with Crippen LogP contribution in [0.2, 0.25) is 5.02 Å². The third-order valence-electron chi connectivity index (χ3n) is 5.69. The number of pyridine rings is 1. The van der Waals surface area contributed by atoms with E-state index >= 15 is 0 Å². The Bertz CT molecular complexity index is 1730. The summed E-state index contributed by atoms with van der Waals surface area (Å²) in [5.41, 5.74) is 9.65. The number of aromatic amines is 1. The van der Waals surface area contributed by atoms with Gasteiger partial charge in [0.15, 0.2) is 11.5 Å². The van der Waals surface area contributed by atoms with Crippen LogP contribution < -0.4 is 10.5 Å². The van der Waals surface area contributed by atoms with Gasteiger partial charge in [-0.25, -0.2) is 22.2 Å². The molecule has 0 spiro atoms. The second kappa shape index (κ2) is 8.80. The topological polar surface area (TPSA) is 132 Å². The van der Waals surface area contributed by atoms with E-state index in [0.717, 1.165) is 12.3 Å². The second-order valence-corrected chi connectivity index (χ2v) is 10.6. The van der Waals surface area contributed by atoms with Crippen LogP contribution in [0.3, 0.4) is 0 Å². The normalized spacial score (nSPS) is 12.9. The van der Waals surface area contributed by atoms with Crippen molar-refractivity contribution in [3.63, 3.8) is 0 Å². The summed E-state index contributed by atoms with van der Waals surface area (Å²) in [7, 11) is -1.96. The maximum atomic E-state index is 13.8. The van der Waals surface area contributed by atoms with E-state index in [0.29, 0.717) is 49.3 Å². The molecule has 0 fully saturated rings. The van der Waals surface area contributed by atoms with E-state index in [-0.39, 0.29) is 12.2 Å². The molecule has 3 heterocycles. The van der Waals surface area contributed by atoms with Gasteiger partial charge >= 0.3 is 0 Å². The summed E-state index contributed by atoms with van der Waals surface area (Å²) in [5, 5.41) is 12.6. The molecule has 0 saturated heterocycles. The maximum absolute atomic E-state index is 13.8. The van der Waals surface area contributed by atoms with Crippen LogP contribution in [0.1, 0.15) is 17.3 Å². The van der Waals surface area contributed by atoms with Gasteiger partial charge in [0.1, 0.15) is 11.6 Å². The van der Waals surface area contributed by atoms with Crippen LogP contribution in [0.25, 0.3) is 33.1 Å². The molecule has 1 unspecified atom stereocenters. The van der Waals surface area contributed by atoms with E-state index < -0.39 is 27.7 Å². The van der Waals surface area contributed by atoms with Crippen molar-refractivity contribution in [2.24, 2.45) is 12.8 Å². The Morgan fingerprint density at radius 2 is 1.89 bits per heavy atom. The van der Waals surface area contributed by atoms with E-state index in [4.69, 9.17) is 17.3 Å². The van der Waals surface area contributed by atoms with Crippen LogP contribution >= 0.6 is 11.6 Å². The number of benzene rings is 2. The minimum Gasteiger partial charge on any atom is -0.322 e. The molecule has 186 valence electrons. The van der Waals surface area contributed by atoms with Crippen molar-refractivity contribution in [1.82, 2.24) is 25.0 Å². The van der Waals surface area contributed by atoms with Crippen LogP contribution in [0, 0.1) is 11.6 Å². The highest BCUT2D eigenvalue weighted by atomic mass is 35.5. The number of aryl methyl sites for hydroxylation is 1. The Balaban J connectivity index is 1.72. The SMILES string of the molecule is Cn1nc(NS(C)(=O)=O)c2c(Cl)ccc(-c3cc4cn[nH]c4nc3C(N)Cc3cc(F)cc(F)c3)c21. The first-order valence-electron chi connectivity index (χ1n) is 10.7. The summed E-state index contributed by atoms with van der Waals surface area (Å²) >= 11 is 6.47. The van der Waals surface area contributed by atoms with Crippen LogP contribution in [-0.2, 0) is 23.5 Å². The Morgan fingerprint density at radius 1 is 1.17 bits per heavy atom. The van der Waals surface area contributed by atoms with Crippen LogP contribution in [0.4, 0.5) is 14.6 Å². The van der Waals surface area contributed by atoms with Gasteiger partial charge < -0.3 is 5.73 Å². The van der Waals surface area contributed by atoms with Crippen molar-refractivity contribution in [1.29, 1.82) is 0 Å².